The number of allylic oxidation sites excluding steroid dienone is 1. The first-order valence-corrected chi connectivity index (χ1v) is 10.7. The van der Waals surface area contributed by atoms with E-state index >= 15 is 4.39 Å². The van der Waals surface area contributed by atoms with Gasteiger partial charge in [-0.1, -0.05) is 6.07 Å². The third-order valence-corrected chi connectivity index (χ3v) is 5.51. The second kappa shape index (κ2) is 10.2. The Labute approximate surface area is 197 Å². The topological polar surface area (TPSA) is 74.9 Å². The number of halogens is 2. The molecule has 0 atom stereocenters. The van der Waals surface area contributed by atoms with E-state index in [1.54, 1.807) is 24.0 Å². The van der Waals surface area contributed by atoms with E-state index in [1.165, 1.54) is 25.4 Å². The van der Waals surface area contributed by atoms with Crippen molar-refractivity contribution in [3.8, 4) is 5.75 Å². The largest absolute Gasteiger partial charge is 0.488 e. The standard InChI is InChI=1S/C24H26F2N6O2/c1-15(27-2)22-24(29-14-33-4)32(23(30-22)17-7-18(25)10-28-9-17)11-16-5-6-19(8-21(16)26)34-20-12-31(3)13-20/h5-10,20H,2,11-14H2,1,3-4H3/b22-15+,29-24+. The summed E-state index contributed by atoms with van der Waals surface area (Å²) < 4.78 is 40.0. The van der Waals surface area contributed by atoms with E-state index in [1.807, 2.05) is 7.05 Å². The predicted octanol–water partition coefficient (Wildman–Crippen LogP) is 3.25. The molecule has 2 aliphatic heterocycles. The molecule has 0 amide bonds. The minimum Gasteiger partial charge on any atom is -0.488 e. The smallest absolute Gasteiger partial charge is 0.160 e. The van der Waals surface area contributed by atoms with E-state index in [-0.39, 0.29) is 19.4 Å². The summed E-state index contributed by atoms with van der Waals surface area (Å²) in [4.78, 5) is 20.8. The summed E-state index contributed by atoms with van der Waals surface area (Å²) in [6.07, 6.45) is 2.66. The van der Waals surface area contributed by atoms with Gasteiger partial charge in [-0.25, -0.2) is 18.8 Å². The van der Waals surface area contributed by atoms with Gasteiger partial charge < -0.3 is 14.4 Å². The van der Waals surface area contributed by atoms with E-state index in [4.69, 9.17) is 9.47 Å². The highest BCUT2D eigenvalue weighted by atomic mass is 19.1. The monoisotopic (exact) mass is 468 g/mol. The lowest BCUT2D eigenvalue weighted by Gasteiger charge is -2.36. The van der Waals surface area contributed by atoms with Crippen LogP contribution in [-0.2, 0) is 11.3 Å². The van der Waals surface area contributed by atoms with Crippen molar-refractivity contribution >= 4 is 18.4 Å². The lowest BCUT2D eigenvalue weighted by Crippen LogP contribution is -2.51. The molecule has 2 aromatic rings. The number of likely N-dealkylation sites (tertiary alicyclic amines) is 1. The Morgan fingerprint density at radius 2 is 2.03 bits per heavy atom. The van der Waals surface area contributed by atoms with Gasteiger partial charge >= 0.3 is 0 Å². The minimum atomic E-state index is -0.513. The summed E-state index contributed by atoms with van der Waals surface area (Å²) in [6.45, 7) is 7.07. The first-order valence-electron chi connectivity index (χ1n) is 10.7. The van der Waals surface area contributed by atoms with Crippen molar-refractivity contribution in [3.63, 3.8) is 0 Å². The molecule has 0 saturated carbocycles. The van der Waals surface area contributed by atoms with Crippen LogP contribution in [0.1, 0.15) is 18.1 Å². The Bertz CT molecular complexity index is 1170. The summed E-state index contributed by atoms with van der Waals surface area (Å²) in [5, 5.41) is 0. The average molecular weight is 469 g/mol. The molecule has 0 bridgehead atoms. The molecule has 0 N–H and O–H groups in total. The van der Waals surface area contributed by atoms with Crippen LogP contribution < -0.4 is 4.74 Å². The molecule has 34 heavy (non-hydrogen) atoms. The lowest BCUT2D eigenvalue weighted by atomic mass is 10.1. The van der Waals surface area contributed by atoms with Gasteiger partial charge in [-0.2, -0.15) is 0 Å². The molecule has 0 unspecified atom stereocenters. The molecule has 3 heterocycles. The number of amidine groups is 2. The fraction of sp³-hybridized carbons (Fsp3) is 0.333. The van der Waals surface area contributed by atoms with Gasteiger partial charge in [-0.05, 0) is 32.8 Å². The van der Waals surface area contributed by atoms with E-state index in [9.17, 15) is 4.39 Å². The maximum Gasteiger partial charge on any atom is 0.160 e. The Balaban J connectivity index is 1.69. The van der Waals surface area contributed by atoms with Gasteiger partial charge in [-0.15, -0.1) is 0 Å². The number of aliphatic imine (C=N–C) groups is 3. The summed E-state index contributed by atoms with van der Waals surface area (Å²) in [7, 11) is 3.52. The van der Waals surface area contributed by atoms with Crippen LogP contribution in [0.2, 0.25) is 0 Å². The van der Waals surface area contributed by atoms with Crippen molar-refractivity contribution < 1.29 is 18.3 Å². The van der Waals surface area contributed by atoms with Crippen molar-refractivity contribution in [2.45, 2.75) is 19.6 Å². The molecule has 1 aromatic heterocycles. The Kier molecular flexibility index (Phi) is 7.09. The van der Waals surface area contributed by atoms with Crippen molar-refractivity contribution in [1.82, 2.24) is 14.8 Å². The third-order valence-electron chi connectivity index (χ3n) is 5.51. The number of rotatable bonds is 8. The molecule has 1 aromatic carbocycles. The first-order chi connectivity index (χ1) is 16.4. The van der Waals surface area contributed by atoms with Crippen molar-refractivity contribution in [2.24, 2.45) is 15.0 Å². The lowest BCUT2D eigenvalue weighted by molar-refractivity contribution is 0.0386. The average Bonchev–Trinajstić information content (AvgIpc) is 3.16. The van der Waals surface area contributed by atoms with Crippen LogP contribution in [0.15, 0.2) is 63.0 Å². The number of methoxy groups -OCH3 is 1. The fourth-order valence-electron chi connectivity index (χ4n) is 3.76. The molecular weight excluding hydrogens is 442 g/mol. The maximum atomic E-state index is 15.1. The van der Waals surface area contributed by atoms with Crippen molar-refractivity contribution in [2.75, 3.05) is 34.0 Å². The van der Waals surface area contributed by atoms with Crippen molar-refractivity contribution in [1.29, 1.82) is 0 Å². The summed E-state index contributed by atoms with van der Waals surface area (Å²) >= 11 is 0. The van der Waals surface area contributed by atoms with E-state index in [0.29, 0.717) is 39.9 Å². The first kappa shape index (κ1) is 23.7. The quantitative estimate of drug-likeness (QED) is 0.556. The van der Waals surface area contributed by atoms with Crippen LogP contribution in [0.25, 0.3) is 0 Å². The normalized spacial score (nSPS) is 19.3. The molecule has 178 valence electrons. The third kappa shape index (κ3) is 5.02. The van der Waals surface area contributed by atoms with Crippen LogP contribution in [0.4, 0.5) is 8.78 Å². The highest BCUT2D eigenvalue weighted by molar-refractivity contribution is 6.20. The molecule has 1 fully saturated rings. The van der Waals surface area contributed by atoms with Crippen LogP contribution in [0.3, 0.4) is 0 Å². The highest BCUT2D eigenvalue weighted by Crippen LogP contribution is 2.28. The van der Waals surface area contributed by atoms with Gasteiger partial charge in [0.1, 0.15) is 41.8 Å². The number of hydrogen-bond donors (Lipinski definition) is 0. The van der Waals surface area contributed by atoms with Crippen LogP contribution in [0.5, 0.6) is 5.75 Å². The zero-order chi connectivity index (χ0) is 24.2. The van der Waals surface area contributed by atoms with Crippen LogP contribution >= 0.6 is 0 Å². The molecular formula is C24H26F2N6O2. The number of likely N-dealkylation sites (N-methyl/N-ethyl adjacent to an activating group) is 1. The minimum absolute atomic E-state index is 0.0506. The molecule has 0 aliphatic carbocycles. The van der Waals surface area contributed by atoms with E-state index < -0.39 is 11.6 Å². The molecule has 4 rings (SSSR count). The van der Waals surface area contributed by atoms with Gasteiger partial charge in [0.15, 0.2) is 5.84 Å². The van der Waals surface area contributed by atoms with Crippen molar-refractivity contribution in [3.05, 3.63) is 70.8 Å². The molecule has 2 aliphatic rings. The number of aromatic nitrogens is 1. The SMILES string of the molecule is C=N/C(C)=C1/N=C(c2cncc(F)c2)N(Cc2ccc(OC3CN(C)C3)cc2F)/C1=N/COC. The predicted molar refractivity (Wildman–Crippen MR) is 126 cm³/mol. The Hall–Kier alpha value is -3.50. The number of pyridine rings is 1. The van der Waals surface area contributed by atoms with Crippen LogP contribution in [-0.4, -0.2) is 73.3 Å². The zero-order valence-corrected chi connectivity index (χ0v) is 19.3. The maximum absolute atomic E-state index is 15.1. The van der Waals surface area contributed by atoms with Crippen LogP contribution in [0, 0.1) is 11.6 Å². The van der Waals surface area contributed by atoms with Gasteiger partial charge in [0.05, 0.1) is 18.4 Å². The molecule has 1 saturated heterocycles. The summed E-state index contributed by atoms with van der Waals surface area (Å²) in [6, 6.07) is 6.11. The number of ether oxygens (including phenoxy) is 2. The number of benzene rings is 1. The fourth-order valence-corrected chi connectivity index (χ4v) is 3.76. The molecule has 0 spiro atoms. The molecule has 10 heteroatoms. The van der Waals surface area contributed by atoms with Gasteiger partial charge in [-0.3, -0.25) is 14.9 Å². The second-order valence-electron chi connectivity index (χ2n) is 8.12. The number of hydrogen-bond acceptors (Lipinski definition) is 7. The second-order valence-corrected chi connectivity index (χ2v) is 8.12. The molecule has 8 nitrogen and oxygen atoms in total. The number of nitrogens with zero attached hydrogens (tertiary/aromatic N) is 6. The van der Waals surface area contributed by atoms with Gasteiger partial charge in [0, 0.05) is 43.6 Å². The van der Waals surface area contributed by atoms with E-state index in [0.717, 1.165) is 19.3 Å². The Morgan fingerprint density at radius 1 is 1.24 bits per heavy atom. The Morgan fingerprint density at radius 3 is 2.68 bits per heavy atom. The van der Waals surface area contributed by atoms with Gasteiger partial charge in [0.25, 0.3) is 0 Å². The summed E-state index contributed by atoms with van der Waals surface area (Å²) in [5.41, 5.74) is 1.78. The molecule has 0 radical (unpaired) electrons. The highest BCUT2D eigenvalue weighted by Gasteiger charge is 2.32. The zero-order valence-electron chi connectivity index (χ0n) is 19.3. The van der Waals surface area contributed by atoms with E-state index in [2.05, 4.69) is 31.6 Å². The van der Waals surface area contributed by atoms with Gasteiger partial charge in [0.2, 0.25) is 0 Å². The summed E-state index contributed by atoms with van der Waals surface area (Å²) in [5.74, 6) is 0.328.